The second-order valence-electron chi connectivity index (χ2n) is 11.6. The molecule has 1 aliphatic heterocycles. The number of aromatic hydroxyl groups is 1. The molecule has 9 heteroatoms. The van der Waals surface area contributed by atoms with Crippen molar-refractivity contribution < 1.29 is 33.8 Å². The predicted molar refractivity (Wildman–Crippen MR) is 168 cm³/mol. The van der Waals surface area contributed by atoms with E-state index >= 15 is 0 Å². The lowest BCUT2D eigenvalue weighted by atomic mass is 9.59. The first-order chi connectivity index (χ1) is 21.7. The largest absolute Gasteiger partial charge is 0.504 e. The van der Waals surface area contributed by atoms with Gasteiger partial charge in [-0.05, 0) is 76.7 Å². The third kappa shape index (κ3) is 4.52. The van der Waals surface area contributed by atoms with Crippen molar-refractivity contribution in [2.45, 2.75) is 18.8 Å². The summed E-state index contributed by atoms with van der Waals surface area (Å²) in [5, 5.41) is 10.3. The summed E-state index contributed by atoms with van der Waals surface area (Å²) in [6, 6.07) is 20.1. The van der Waals surface area contributed by atoms with E-state index in [4.69, 9.17) is 4.74 Å². The van der Waals surface area contributed by atoms with Gasteiger partial charge in [0.15, 0.2) is 28.8 Å². The minimum absolute atomic E-state index is 0.0714. The average Bonchev–Trinajstić information content (AvgIpc) is 3.32. The van der Waals surface area contributed by atoms with Gasteiger partial charge in [-0.2, -0.15) is 0 Å². The number of hydrogen-bond donors (Lipinski definition) is 1. The summed E-state index contributed by atoms with van der Waals surface area (Å²) in [5.74, 6) is -3.93. The number of ketones is 3. The number of benzene rings is 3. The Bertz CT molecular complexity index is 1920. The van der Waals surface area contributed by atoms with Gasteiger partial charge in [0.2, 0.25) is 11.8 Å². The van der Waals surface area contributed by atoms with E-state index in [-0.39, 0.29) is 58.0 Å². The number of phenols is 1. The molecule has 3 aromatic rings. The molecule has 4 aliphatic rings. The number of halogens is 1. The summed E-state index contributed by atoms with van der Waals surface area (Å²) in [5.41, 5.74) is 3.42. The SMILES string of the molecule is COc1cc(C2C3=CCC4C(=O)N(c5ccc(C(=O)c6ccccc6)cc5)C(=O)C4C3CC3=C2C(=O)C=C(Br)C3=O)ccc1O. The molecule has 0 bridgehead atoms. The first-order valence-electron chi connectivity index (χ1n) is 14.5. The average molecular weight is 665 g/mol. The molecule has 8 nitrogen and oxygen atoms in total. The molecule has 3 aromatic carbocycles. The fraction of sp³-hybridized carbons (Fsp3) is 0.194. The van der Waals surface area contributed by atoms with Crippen molar-refractivity contribution in [2.75, 3.05) is 12.0 Å². The maximum absolute atomic E-state index is 14.2. The van der Waals surface area contributed by atoms with Crippen LogP contribution in [0.2, 0.25) is 0 Å². The Labute approximate surface area is 266 Å². The molecule has 45 heavy (non-hydrogen) atoms. The minimum Gasteiger partial charge on any atom is -0.504 e. The molecule has 7 rings (SSSR count). The van der Waals surface area contributed by atoms with Crippen LogP contribution in [-0.2, 0) is 19.2 Å². The van der Waals surface area contributed by atoms with Crippen LogP contribution in [0.25, 0.3) is 0 Å². The van der Waals surface area contributed by atoms with Crippen LogP contribution in [0, 0.1) is 17.8 Å². The number of fused-ring (bicyclic) bond motifs is 3. The Balaban J connectivity index is 1.26. The molecule has 3 aliphatic carbocycles. The van der Waals surface area contributed by atoms with Gasteiger partial charge in [0.05, 0.1) is 29.1 Å². The third-order valence-electron chi connectivity index (χ3n) is 9.29. The Morgan fingerprint density at radius 3 is 2.33 bits per heavy atom. The maximum atomic E-state index is 14.2. The molecule has 1 N–H and O–H groups in total. The number of carbonyl (C=O) groups is 5. The van der Waals surface area contributed by atoms with E-state index in [0.717, 1.165) is 5.57 Å². The first kappa shape index (κ1) is 28.9. The number of Topliss-reactive ketones (excluding diaryl/α,β-unsaturated/α-hetero) is 1. The van der Waals surface area contributed by atoms with Gasteiger partial charge in [0.25, 0.3) is 0 Å². The number of phenolic OH excluding ortho intramolecular Hbond substituents is 1. The summed E-state index contributed by atoms with van der Waals surface area (Å²) < 4.78 is 5.49. The second kappa shape index (κ2) is 10.9. The molecule has 0 spiro atoms. The number of hydrogen-bond acceptors (Lipinski definition) is 7. The first-order valence-corrected chi connectivity index (χ1v) is 15.3. The van der Waals surface area contributed by atoms with Crippen LogP contribution in [0.5, 0.6) is 11.5 Å². The smallest absolute Gasteiger partial charge is 0.238 e. The van der Waals surface area contributed by atoms with Crippen molar-refractivity contribution in [3.63, 3.8) is 0 Å². The topological polar surface area (TPSA) is 118 Å². The van der Waals surface area contributed by atoms with Crippen LogP contribution >= 0.6 is 15.9 Å². The number of imide groups is 1. The van der Waals surface area contributed by atoms with Gasteiger partial charge in [-0.15, -0.1) is 0 Å². The van der Waals surface area contributed by atoms with Crippen LogP contribution in [0.15, 0.2) is 106 Å². The van der Waals surface area contributed by atoms with Gasteiger partial charge < -0.3 is 9.84 Å². The molecule has 0 aromatic heterocycles. The molecule has 1 fully saturated rings. The van der Waals surface area contributed by atoms with E-state index in [1.54, 1.807) is 60.7 Å². The van der Waals surface area contributed by atoms with E-state index in [1.165, 1.54) is 24.2 Å². The van der Waals surface area contributed by atoms with Crippen molar-refractivity contribution >= 4 is 50.8 Å². The van der Waals surface area contributed by atoms with Crippen LogP contribution in [-0.4, -0.2) is 41.4 Å². The Hall–Kier alpha value is -4.89. The number of ether oxygens (including phenoxy) is 1. The number of allylic oxidation sites excluding steroid dienone is 6. The van der Waals surface area contributed by atoms with Gasteiger partial charge in [0.1, 0.15) is 0 Å². The zero-order valence-corrected chi connectivity index (χ0v) is 25.6. The number of carbonyl (C=O) groups excluding carboxylic acids is 5. The molecular weight excluding hydrogens is 638 g/mol. The van der Waals surface area contributed by atoms with E-state index in [1.807, 2.05) is 12.1 Å². The third-order valence-corrected chi connectivity index (χ3v) is 9.88. The summed E-state index contributed by atoms with van der Waals surface area (Å²) in [6.07, 6.45) is 3.63. The van der Waals surface area contributed by atoms with Gasteiger partial charge in [-0.3, -0.25) is 28.9 Å². The van der Waals surface area contributed by atoms with Gasteiger partial charge in [0, 0.05) is 34.3 Å². The van der Waals surface area contributed by atoms with Crippen LogP contribution in [0.3, 0.4) is 0 Å². The Morgan fingerprint density at radius 2 is 1.62 bits per heavy atom. The maximum Gasteiger partial charge on any atom is 0.238 e. The van der Waals surface area contributed by atoms with Crippen LogP contribution in [0.4, 0.5) is 5.69 Å². The van der Waals surface area contributed by atoms with Crippen molar-refractivity contribution in [3.8, 4) is 11.5 Å². The molecule has 0 radical (unpaired) electrons. The zero-order valence-electron chi connectivity index (χ0n) is 24.0. The zero-order chi connectivity index (χ0) is 31.6. The summed E-state index contributed by atoms with van der Waals surface area (Å²) in [6.45, 7) is 0. The van der Waals surface area contributed by atoms with E-state index in [2.05, 4.69) is 15.9 Å². The van der Waals surface area contributed by atoms with Crippen molar-refractivity contribution in [1.29, 1.82) is 0 Å². The second-order valence-corrected chi connectivity index (χ2v) is 12.4. The lowest BCUT2D eigenvalue weighted by Gasteiger charge is -2.42. The number of rotatable bonds is 5. The highest BCUT2D eigenvalue weighted by Gasteiger charge is 2.56. The molecule has 4 unspecified atom stereocenters. The molecule has 0 saturated carbocycles. The highest BCUT2D eigenvalue weighted by Crippen LogP contribution is 2.56. The standard InChI is InChI=1S/C36H26BrNO7/c1-45-29-15-20(9-14-27(29)39)30-22-12-13-23-31(24(22)16-25-32(30)28(40)17-26(37)34(25)42)36(44)38(35(23)43)21-10-7-19(8-11-21)33(41)18-5-3-2-4-6-18/h2-12,14-15,17,23-24,30-31,39H,13,16H2,1H3. The van der Waals surface area contributed by atoms with Crippen LogP contribution in [0.1, 0.15) is 40.2 Å². The Morgan fingerprint density at radius 1 is 0.911 bits per heavy atom. The lowest BCUT2D eigenvalue weighted by molar-refractivity contribution is -0.123. The van der Waals surface area contributed by atoms with E-state index in [0.29, 0.717) is 33.5 Å². The van der Waals surface area contributed by atoms with Gasteiger partial charge in [-0.1, -0.05) is 48.0 Å². The van der Waals surface area contributed by atoms with Gasteiger partial charge in [-0.25, -0.2) is 0 Å². The summed E-state index contributed by atoms with van der Waals surface area (Å²) in [4.78, 5) is 69.0. The molecule has 1 saturated heterocycles. The number of methoxy groups -OCH3 is 1. The normalized spacial score (nSPS) is 24.1. The fourth-order valence-corrected chi connectivity index (χ4v) is 7.68. The predicted octanol–water partition coefficient (Wildman–Crippen LogP) is 5.60. The molecule has 224 valence electrons. The van der Waals surface area contributed by atoms with E-state index < -0.39 is 23.7 Å². The minimum atomic E-state index is -0.744. The number of anilines is 1. The highest BCUT2D eigenvalue weighted by atomic mass is 79.9. The highest BCUT2D eigenvalue weighted by molar-refractivity contribution is 9.12. The monoisotopic (exact) mass is 663 g/mol. The van der Waals surface area contributed by atoms with Crippen molar-refractivity contribution in [3.05, 3.63) is 123 Å². The van der Waals surface area contributed by atoms with E-state index in [9.17, 15) is 29.1 Å². The molecule has 2 amide bonds. The molecular formula is C36H26BrNO7. The molecule has 4 atom stereocenters. The van der Waals surface area contributed by atoms with Crippen molar-refractivity contribution in [1.82, 2.24) is 0 Å². The Kier molecular flexibility index (Phi) is 7.00. The number of nitrogens with zero attached hydrogens (tertiary/aromatic N) is 1. The number of amides is 2. The lowest BCUT2D eigenvalue weighted by Crippen LogP contribution is -2.39. The fourth-order valence-electron chi connectivity index (χ4n) is 7.23. The molecule has 1 heterocycles. The summed E-state index contributed by atoms with van der Waals surface area (Å²) >= 11 is 3.24. The van der Waals surface area contributed by atoms with Crippen LogP contribution < -0.4 is 9.64 Å². The summed E-state index contributed by atoms with van der Waals surface area (Å²) in [7, 11) is 1.42. The quantitative estimate of drug-likeness (QED) is 0.163. The van der Waals surface area contributed by atoms with Gasteiger partial charge >= 0.3 is 0 Å². The van der Waals surface area contributed by atoms with Crippen molar-refractivity contribution in [2.24, 2.45) is 17.8 Å².